The molecule has 0 saturated carbocycles. The van der Waals surface area contributed by atoms with Crippen molar-refractivity contribution in [3.8, 4) is 0 Å². The van der Waals surface area contributed by atoms with E-state index in [9.17, 15) is 0 Å². The molecule has 0 aromatic carbocycles. The Hall–Kier alpha value is -0.863. The highest BCUT2D eigenvalue weighted by Gasteiger charge is 2.32. The van der Waals surface area contributed by atoms with Gasteiger partial charge in [-0.15, -0.1) is 17.4 Å². The van der Waals surface area contributed by atoms with Crippen LogP contribution in [-0.2, 0) is 0 Å². The average Bonchev–Trinajstić information content (AvgIpc) is 3.01. The fraction of sp³-hybridized carbons (Fsp3) is 0.312. The van der Waals surface area contributed by atoms with E-state index in [1.54, 1.807) is 5.57 Å². The molecule has 3 rings (SSSR count). The highest BCUT2D eigenvalue weighted by atomic mass is 32.2. The largest absolute Gasteiger partial charge is 0.117 e. The molecular weight excluding hydrogens is 252 g/mol. The van der Waals surface area contributed by atoms with E-state index in [0.717, 1.165) is 0 Å². The van der Waals surface area contributed by atoms with Crippen molar-refractivity contribution in [1.29, 1.82) is 0 Å². The van der Waals surface area contributed by atoms with Crippen LogP contribution in [0.15, 0.2) is 58.6 Å². The minimum absolute atomic E-state index is 0.225. The molecule has 1 heterocycles. The lowest BCUT2D eigenvalue weighted by Gasteiger charge is -2.16. The van der Waals surface area contributed by atoms with Crippen molar-refractivity contribution in [2.75, 3.05) is 0 Å². The van der Waals surface area contributed by atoms with Gasteiger partial charge in [0.2, 0.25) is 0 Å². The first-order chi connectivity index (χ1) is 8.75. The topological polar surface area (TPSA) is 0 Å². The van der Waals surface area contributed by atoms with Crippen molar-refractivity contribution in [1.82, 2.24) is 0 Å². The smallest absolute Gasteiger partial charge is 0.0353 e. The molecule has 0 fully saturated rings. The average molecular weight is 270 g/mol. The summed E-state index contributed by atoms with van der Waals surface area (Å²) >= 11 is 2.06. The summed E-state index contributed by atoms with van der Waals surface area (Å²) < 4.78 is 0. The molecule has 0 saturated heterocycles. The predicted molar refractivity (Wildman–Crippen MR) is 85.6 cm³/mol. The lowest BCUT2D eigenvalue weighted by atomic mass is 9.92. The standard InChI is InChI=1S/C16H18SSi/c1-18(2)11-10-15-16(12-6-3-4-7-12)13-8-5-9-14(13)17-15/h3-9,11-12,15H,10H2,1-2H3. The maximum absolute atomic E-state index is 2.55. The Morgan fingerprint density at radius 2 is 2.00 bits per heavy atom. The van der Waals surface area contributed by atoms with Gasteiger partial charge in [-0.2, -0.15) is 0 Å². The first-order valence-electron chi connectivity index (χ1n) is 6.53. The number of rotatable bonds is 3. The molecule has 1 aliphatic heterocycles. The Morgan fingerprint density at radius 1 is 1.22 bits per heavy atom. The van der Waals surface area contributed by atoms with Gasteiger partial charge in [0.05, 0.1) is 0 Å². The lowest BCUT2D eigenvalue weighted by molar-refractivity contribution is 0.888. The van der Waals surface area contributed by atoms with Crippen LogP contribution < -0.4 is 0 Å². The van der Waals surface area contributed by atoms with Crippen molar-refractivity contribution in [2.45, 2.75) is 24.8 Å². The molecule has 0 N–H and O–H groups in total. The van der Waals surface area contributed by atoms with Gasteiger partial charge in [0.15, 0.2) is 0 Å². The highest BCUT2D eigenvalue weighted by molar-refractivity contribution is 8.04. The van der Waals surface area contributed by atoms with E-state index in [4.69, 9.17) is 0 Å². The Kier molecular flexibility index (Phi) is 3.40. The Morgan fingerprint density at radius 3 is 2.72 bits per heavy atom. The minimum Gasteiger partial charge on any atom is -0.117 e. The van der Waals surface area contributed by atoms with Crippen LogP contribution in [0.2, 0.25) is 13.1 Å². The normalized spacial score (nSPS) is 25.0. The van der Waals surface area contributed by atoms with Crippen LogP contribution >= 0.6 is 11.8 Å². The molecule has 1 unspecified atom stereocenters. The molecule has 0 bridgehead atoms. The third-order valence-electron chi connectivity index (χ3n) is 3.55. The molecule has 0 radical (unpaired) electrons. The summed E-state index contributed by atoms with van der Waals surface area (Å²) in [6.07, 6.45) is 17.0. The van der Waals surface area contributed by atoms with E-state index >= 15 is 0 Å². The Labute approximate surface area is 115 Å². The second kappa shape index (κ2) is 5.02. The summed E-state index contributed by atoms with van der Waals surface area (Å²) in [5.41, 5.74) is 5.68. The van der Waals surface area contributed by atoms with Gasteiger partial charge in [-0.05, 0) is 32.1 Å². The van der Waals surface area contributed by atoms with Gasteiger partial charge in [0, 0.05) is 16.1 Å². The molecule has 1 atom stereocenters. The van der Waals surface area contributed by atoms with Crippen LogP contribution in [0, 0.1) is 5.92 Å². The summed E-state index contributed by atoms with van der Waals surface area (Å²) in [7, 11) is -0.225. The molecule has 2 aliphatic carbocycles. The number of allylic oxidation sites excluding steroid dienone is 8. The second-order valence-corrected chi connectivity index (χ2v) is 8.99. The van der Waals surface area contributed by atoms with Crippen molar-refractivity contribution < 1.29 is 0 Å². The summed E-state index contributed by atoms with van der Waals surface area (Å²) in [4.78, 5) is 1.48. The fourth-order valence-corrected chi connectivity index (χ4v) is 4.94. The van der Waals surface area contributed by atoms with E-state index in [1.165, 1.54) is 16.9 Å². The zero-order valence-electron chi connectivity index (χ0n) is 10.9. The van der Waals surface area contributed by atoms with Crippen LogP contribution in [0.5, 0.6) is 0 Å². The number of hydrogen-bond acceptors (Lipinski definition) is 1. The minimum atomic E-state index is -0.225. The van der Waals surface area contributed by atoms with Crippen LogP contribution in [0.3, 0.4) is 0 Å². The van der Waals surface area contributed by atoms with Gasteiger partial charge < -0.3 is 0 Å². The quantitative estimate of drug-likeness (QED) is 0.695. The van der Waals surface area contributed by atoms with Crippen LogP contribution in [-0.4, -0.2) is 19.3 Å². The van der Waals surface area contributed by atoms with E-state index in [-0.39, 0.29) is 8.41 Å². The van der Waals surface area contributed by atoms with Crippen LogP contribution in [0.4, 0.5) is 0 Å². The molecule has 0 aromatic rings. The molecule has 0 aromatic heterocycles. The lowest BCUT2D eigenvalue weighted by Crippen LogP contribution is -2.12. The van der Waals surface area contributed by atoms with Crippen molar-refractivity contribution in [3.05, 3.63) is 58.6 Å². The van der Waals surface area contributed by atoms with Gasteiger partial charge >= 0.3 is 0 Å². The molecular formula is C16H18SSi. The van der Waals surface area contributed by atoms with Gasteiger partial charge in [-0.1, -0.05) is 49.6 Å². The van der Waals surface area contributed by atoms with Crippen LogP contribution in [0.25, 0.3) is 0 Å². The van der Waals surface area contributed by atoms with Crippen molar-refractivity contribution in [3.63, 3.8) is 0 Å². The molecule has 0 amide bonds. The van der Waals surface area contributed by atoms with Crippen LogP contribution in [0.1, 0.15) is 6.42 Å². The molecule has 2 heteroatoms. The zero-order chi connectivity index (χ0) is 12.5. The van der Waals surface area contributed by atoms with Gasteiger partial charge in [0.1, 0.15) is 0 Å². The second-order valence-electron chi connectivity index (χ2n) is 5.18. The van der Waals surface area contributed by atoms with Gasteiger partial charge in [0.25, 0.3) is 0 Å². The molecule has 18 heavy (non-hydrogen) atoms. The predicted octanol–water partition coefficient (Wildman–Crippen LogP) is 4.12. The van der Waals surface area contributed by atoms with E-state index in [1.807, 2.05) is 0 Å². The Balaban J connectivity index is 1.92. The molecule has 0 nitrogen and oxygen atoms in total. The number of fused-ring (bicyclic) bond motifs is 1. The van der Waals surface area contributed by atoms with Crippen molar-refractivity contribution in [2.24, 2.45) is 5.92 Å². The monoisotopic (exact) mass is 270 g/mol. The highest BCUT2D eigenvalue weighted by Crippen LogP contribution is 2.49. The van der Waals surface area contributed by atoms with Gasteiger partial charge in [-0.25, -0.2) is 0 Å². The summed E-state index contributed by atoms with van der Waals surface area (Å²) in [6.45, 7) is 4.74. The fourth-order valence-electron chi connectivity index (χ4n) is 2.69. The summed E-state index contributed by atoms with van der Waals surface area (Å²) in [5.74, 6) is 0.531. The van der Waals surface area contributed by atoms with E-state index < -0.39 is 0 Å². The maximum Gasteiger partial charge on any atom is 0.0353 e. The van der Waals surface area contributed by atoms with Crippen molar-refractivity contribution >= 4 is 25.8 Å². The first kappa shape index (κ1) is 12.2. The first-order valence-corrected chi connectivity index (χ1v) is 9.99. The third-order valence-corrected chi connectivity index (χ3v) is 5.94. The summed E-state index contributed by atoms with van der Waals surface area (Å²) in [6, 6.07) is 0. The molecule has 0 spiro atoms. The van der Waals surface area contributed by atoms with E-state index in [0.29, 0.717) is 11.2 Å². The number of thioether (sulfide) groups is 1. The molecule has 92 valence electrons. The SMILES string of the molecule is C[Si](C)=CCC1SC2=CC=CC2=C1C1C=CC=C1. The maximum atomic E-state index is 2.55. The molecule has 3 aliphatic rings. The van der Waals surface area contributed by atoms with E-state index in [2.05, 4.69) is 73.1 Å². The zero-order valence-corrected chi connectivity index (χ0v) is 12.7. The Bertz CT molecular complexity index is 527. The summed E-state index contributed by atoms with van der Waals surface area (Å²) in [5, 5.41) is 0.661. The number of hydrogen-bond donors (Lipinski definition) is 0. The van der Waals surface area contributed by atoms with Gasteiger partial charge in [-0.3, -0.25) is 0 Å². The third kappa shape index (κ3) is 2.19.